The number of aromatic hydroxyl groups is 1. The predicted octanol–water partition coefficient (Wildman–Crippen LogP) is 3.20. The van der Waals surface area contributed by atoms with Gasteiger partial charge in [-0.2, -0.15) is 0 Å². The van der Waals surface area contributed by atoms with Crippen LogP contribution in [0.4, 0.5) is 0 Å². The van der Waals surface area contributed by atoms with E-state index in [-0.39, 0.29) is 0 Å². The number of fused-ring (bicyclic) bond motifs is 1. The average Bonchev–Trinajstić information content (AvgIpc) is 2.21. The second kappa shape index (κ2) is 3.89. The molecule has 0 unspecified atom stereocenters. The zero-order valence-electron chi connectivity index (χ0n) is 9.12. The number of aromatic nitrogens is 1. The predicted molar refractivity (Wildman–Crippen MR) is 62.1 cm³/mol. The standard InChI is InChI=1S/C13H15NO/c1-3-5-11-12(15)8-10-7-4-6-9(2)13(10)14-11/h4,6-8,15H,3,5H2,1-2H3. The molecule has 0 aliphatic carbocycles. The maximum Gasteiger partial charge on any atom is 0.137 e. The molecule has 1 aromatic carbocycles. The van der Waals surface area contributed by atoms with Crippen LogP contribution in [0, 0.1) is 6.92 Å². The van der Waals surface area contributed by atoms with Crippen molar-refractivity contribution in [3.05, 3.63) is 35.5 Å². The van der Waals surface area contributed by atoms with E-state index >= 15 is 0 Å². The summed E-state index contributed by atoms with van der Waals surface area (Å²) in [6.45, 7) is 4.13. The van der Waals surface area contributed by atoms with E-state index in [1.807, 2.05) is 25.1 Å². The fourth-order valence-electron chi connectivity index (χ4n) is 1.79. The lowest BCUT2D eigenvalue weighted by Gasteiger charge is -2.06. The largest absolute Gasteiger partial charge is 0.506 e. The third-order valence-electron chi connectivity index (χ3n) is 2.59. The first-order valence-corrected chi connectivity index (χ1v) is 5.30. The number of hydrogen-bond acceptors (Lipinski definition) is 2. The minimum Gasteiger partial charge on any atom is -0.506 e. The Morgan fingerprint density at radius 1 is 1.33 bits per heavy atom. The Morgan fingerprint density at radius 2 is 2.13 bits per heavy atom. The van der Waals surface area contributed by atoms with E-state index < -0.39 is 0 Å². The number of nitrogens with zero attached hydrogens (tertiary/aromatic N) is 1. The molecule has 1 aromatic heterocycles. The smallest absolute Gasteiger partial charge is 0.137 e. The number of hydrogen-bond donors (Lipinski definition) is 1. The summed E-state index contributed by atoms with van der Waals surface area (Å²) in [4.78, 5) is 4.51. The summed E-state index contributed by atoms with van der Waals surface area (Å²) in [7, 11) is 0. The Hall–Kier alpha value is -1.57. The highest BCUT2D eigenvalue weighted by Gasteiger charge is 2.05. The third-order valence-corrected chi connectivity index (χ3v) is 2.59. The number of benzene rings is 1. The van der Waals surface area contributed by atoms with Crippen LogP contribution >= 0.6 is 0 Å². The van der Waals surface area contributed by atoms with E-state index in [2.05, 4.69) is 11.9 Å². The summed E-state index contributed by atoms with van der Waals surface area (Å²) in [6, 6.07) is 7.81. The maximum atomic E-state index is 9.77. The van der Waals surface area contributed by atoms with Gasteiger partial charge in [0.15, 0.2) is 0 Å². The van der Waals surface area contributed by atoms with Crippen molar-refractivity contribution >= 4 is 10.9 Å². The number of aryl methyl sites for hydroxylation is 2. The van der Waals surface area contributed by atoms with Crippen molar-refractivity contribution in [1.82, 2.24) is 4.98 Å². The van der Waals surface area contributed by atoms with E-state index in [0.29, 0.717) is 5.75 Å². The van der Waals surface area contributed by atoms with E-state index in [1.54, 1.807) is 6.07 Å². The number of rotatable bonds is 2. The monoisotopic (exact) mass is 201 g/mol. The molecule has 15 heavy (non-hydrogen) atoms. The van der Waals surface area contributed by atoms with Crippen molar-refractivity contribution in [2.45, 2.75) is 26.7 Å². The van der Waals surface area contributed by atoms with Gasteiger partial charge >= 0.3 is 0 Å². The first-order valence-electron chi connectivity index (χ1n) is 5.30. The van der Waals surface area contributed by atoms with E-state index in [9.17, 15) is 5.11 Å². The lowest BCUT2D eigenvalue weighted by molar-refractivity contribution is 0.465. The third kappa shape index (κ3) is 1.80. The molecule has 78 valence electrons. The Balaban J connectivity index is 2.66. The minimum absolute atomic E-state index is 0.315. The van der Waals surface area contributed by atoms with Gasteiger partial charge in [0.25, 0.3) is 0 Å². The lowest BCUT2D eigenvalue weighted by Crippen LogP contribution is -1.92. The quantitative estimate of drug-likeness (QED) is 0.809. The molecule has 0 aliphatic heterocycles. The summed E-state index contributed by atoms with van der Waals surface area (Å²) in [5.74, 6) is 0.315. The van der Waals surface area contributed by atoms with Gasteiger partial charge in [-0.15, -0.1) is 0 Å². The molecule has 0 fully saturated rings. The summed E-state index contributed by atoms with van der Waals surface area (Å²) in [5.41, 5.74) is 2.96. The number of pyridine rings is 1. The van der Waals surface area contributed by atoms with Gasteiger partial charge < -0.3 is 5.11 Å². The SMILES string of the molecule is CCCc1nc2c(C)cccc2cc1O. The van der Waals surface area contributed by atoms with Gasteiger partial charge in [-0.05, 0) is 25.0 Å². The molecule has 1 heterocycles. The molecule has 0 aliphatic rings. The molecule has 0 saturated carbocycles. The second-order valence-electron chi connectivity index (χ2n) is 3.85. The fraction of sp³-hybridized carbons (Fsp3) is 0.308. The Bertz CT molecular complexity index is 491. The molecule has 0 atom stereocenters. The van der Waals surface area contributed by atoms with Gasteiger partial charge in [0.2, 0.25) is 0 Å². The summed E-state index contributed by atoms with van der Waals surface area (Å²) < 4.78 is 0. The van der Waals surface area contributed by atoms with Gasteiger partial charge in [-0.1, -0.05) is 31.5 Å². The molecule has 2 nitrogen and oxygen atoms in total. The highest BCUT2D eigenvalue weighted by atomic mass is 16.3. The maximum absolute atomic E-state index is 9.77. The lowest BCUT2D eigenvalue weighted by atomic mass is 10.1. The fourth-order valence-corrected chi connectivity index (χ4v) is 1.79. The Kier molecular flexibility index (Phi) is 2.58. The van der Waals surface area contributed by atoms with Crippen LogP contribution in [0.1, 0.15) is 24.6 Å². The van der Waals surface area contributed by atoms with Crippen LogP contribution in [0.2, 0.25) is 0 Å². The van der Waals surface area contributed by atoms with Crippen LogP contribution in [0.15, 0.2) is 24.3 Å². The number of para-hydroxylation sites is 1. The Labute approximate surface area is 89.6 Å². The van der Waals surface area contributed by atoms with Crippen LogP contribution in [0.25, 0.3) is 10.9 Å². The molecule has 0 amide bonds. The summed E-state index contributed by atoms with van der Waals surface area (Å²) >= 11 is 0. The molecule has 0 saturated heterocycles. The van der Waals surface area contributed by atoms with Crippen LogP contribution in [-0.2, 0) is 6.42 Å². The molecule has 0 radical (unpaired) electrons. The van der Waals surface area contributed by atoms with Gasteiger partial charge in [0, 0.05) is 5.39 Å². The van der Waals surface area contributed by atoms with Crippen molar-refractivity contribution in [1.29, 1.82) is 0 Å². The molecular formula is C13H15NO. The van der Waals surface area contributed by atoms with Crippen molar-refractivity contribution in [3.63, 3.8) is 0 Å². The molecule has 0 bridgehead atoms. The zero-order valence-corrected chi connectivity index (χ0v) is 9.12. The first-order chi connectivity index (χ1) is 7.22. The molecule has 0 spiro atoms. The van der Waals surface area contributed by atoms with Gasteiger partial charge in [0.05, 0.1) is 11.2 Å². The Morgan fingerprint density at radius 3 is 2.87 bits per heavy atom. The summed E-state index contributed by atoms with van der Waals surface area (Å²) in [5, 5.41) is 10.8. The van der Waals surface area contributed by atoms with Gasteiger partial charge in [0.1, 0.15) is 5.75 Å². The van der Waals surface area contributed by atoms with Crippen molar-refractivity contribution < 1.29 is 5.11 Å². The van der Waals surface area contributed by atoms with Crippen LogP contribution in [0.3, 0.4) is 0 Å². The van der Waals surface area contributed by atoms with E-state index in [4.69, 9.17) is 0 Å². The van der Waals surface area contributed by atoms with Gasteiger partial charge in [-0.25, -0.2) is 4.98 Å². The average molecular weight is 201 g/mol. The molecule has 2 heteroatoms. The summed E-state index contributed by atoms with van der Waals surface area (Å²) in [6.07, 6.45) is 1.83. The van der Waals surface area contributed by atoms with Gasteiger partial charge in [-0.3, -0.25) is 0 Å². The highest BCUT2D eigenvalue weighted by Crippen LogP contribution is 2.24. The highest BCUT2D eigenvalue weighted by molar-refractivity contribution is 5.83. The molecule has 1 N–H and O–H groups in total. The van der Waals surface area contributed by atoms with E-state index in [1.165, 1.54) is 0 Å². The first kappa shape index (κ1) is 9.97. The van der Waals surface area contributed by atoms with Crippen molar-refractivity contribution in [2.24, 2.45) is 0 Å². The van der Waals surface area contributed by atoms with Crippen LogP contribution in [-0.4, -0.2) is 10.1 Å². The topological polar surface area (TPSA) is 33.1 Å². The minimum atomic E-state index is 0.315. The molecule has 2 rings (SSSR count). The normalized spacial score (nSPS) is 10.8. The van der Waals surface area contributed by atoms with Crippen molar-refractivity contribution in [2.75, 3.05) is 0 Å². The molecular weight excluding hydrogens is 186 g/mol. The molecule has 2 aromatic rings. The zero-order chi connectivity index (χ0) is 10.8. The van der Waals surface area contributed by atoms with Crippen LogP contribution in [0.5, 0.6) is 5.75 Å². The second-order valence-corrected chi connectivity index (χ2v) is 3.85. The van der Waals surface area contributed by atoms with Crippen LogP contribution < -0.4 is 0 Å². The van der Waals surface area contributed by atoms with E-state index in [0.717, 1.165) is 35.0 Å². The van der Waals surface area contributed by atoms with Crippen molar-refractivity contribution in [3.8, 4) is 5.75 Å².